The fraction of sp³-hybridized carbons (Fsp3) is 0.0476. The minimum atomic E-state index is -0.162. The third-order valence-corrected chi connectivity index (χ3v) is 4.81. The van der Waals surface area contributed by atoms with Gasteiger partial charge >= 0.3 is 0 Å². The second-order valence-corrected chi connectivity index (χ2v) is 7.14. The van der Waals surface area contributed by atoms with Crippen LogP contribution in [0.2, 0.25) is 0 Å². The number of aromatic nitrogens is 1. The van der Waals surface area contributed by atoms with Crippen LogP contribution in [0.5, 0.6) is 5.75 Å². The second kappa shape index (κ2) is 7.40. The molecule has 1 N–H and O–H groups in total. The van der Waals surface area contributed by atoms with Crippen LogP contribution in [0.15, 0.2) is 71.1 Å². The predicted molar refractivity (Wildman–Crippen MR) is 113 cm³/mol. The number of nitrogens with one attached hydrogen (secondary N) is 1. The number of amides is 1. The van der Waals surface area contributed by atoms with Crippen molar-refractivity contribution in [3.8, 4) is 17.2 Å². The number of hydrogen-bond donors (Lipinski definition) is 1. The first-order valence-electron chi connectivity index (χ1n) is 8.24. The topological polar surface area (TPSA) is 64.4 Å². The Labute approximate surface area is 169 Å². The van der Waals surface area contributed by atoms with E-state index in [1.807, 2.05) is 36.4 Å². The van der Waals surface area contributed by atoms with Crippen LogP contribution >= 0.6 is 22.6 Å². The summed E-state index contributed by atoms with van der Waals surface area (Å²) in [7, 11) is 1.63. The van der Waals surface area contributed by atoms with Crippen molar-refractivity contribution in [2.75, 3.05) is 12.4 Å². The first kappa shape index (κ1) is 17.5. The molecular weight excluding hydrogens is 455 g/mol. The Morgan fingerprint density at radius 3 is 2.48 bits per heavy atom. The molecule has 3 aromatic carbocycles. The first-order valence-corrected chi connectivity index (χ1v) is 9.32. The van der Waals surface area contributed by atoms with Gasteiger partial charge in [0, 0.05) is 20.4 Å². The van der Waals surface area contributed by atoms with Crippen LogP contribution in [0.25, 0.3) is 22.6 Å². The monoisotopic (exact) mass is 470 g/mol. The lowest BCUT2D eigenvalue weighted by atomic mass is 10.2. The van der Waals surface area contributed by atoms with E-state index >= 15 is 0 Å². The number of anilines is 1. The summed E-state index contributed by atoms with van der Waals surface area (Å²) in [6.45, 7) is 0. The maximum Gasteiger partial charge on any atom is 0.255 e. The third-order valence-electron chi connectivity index (χ3n) is 4.09. The summed E-state index contributed by atoms with van der Waals surface area (Å²) in [5, 5.41) is 2.89. The molecule has 27 heavy (non-hydrogen) atoms. The molecule has 5 nitrogen and oxygen atoms in total. The Morgan fingerprint density at radius 1 is 1.04 bits per heavy atom. The number of fused-ring (bicyclic) bond motifs is 1. The number of rotatable bonds is 4. The van der Waals surface area contributed by atoms with Crippen molar-refractivity contribution >= 4 is 45.3 Å². The second-order valence-electron chi connectivity index (χ2n) is 5.89. The van der Waals surface area contributed by atoms with Crippen LogP contribution in [0.1, 0.15) is 10.4 Å². The maximum absolute atomic E-state index is 12.4. The van der Waals surface area contributed by atoms with Gasteiger partial charge in [0.15, 0.2) is 5.58 Å². The largest absolute Gasteiger partial charge is 0.497 e. The Kier molecular flexibility index (Phi) is 4.81. The van der Waals surface area contributed by atoms with E-state index in [2.05, 4.69) is 32.9 Å². The van der Waals surface area contributed by atoms with E-state index in [0.717, 1.165) is 14.9 Å². The summed E-state index contributed by atoms with van der Waals surface area (Å²) in [5.74, 6) is 1.13. The number of oxazole rings is 1. The number of nitrogens with zero attached hydrogens (tertiary/aromatic N) is 1. The number of carbonyl (C=O) groups excluding carboxylic acids is 1. The Hall–Kier alpha value is -2.87. The molecular formula is C21H15IN2O3. The van der Waals surface area contributed by atoms with Crippen molar-refractivity contribution in [2.24, 2.45) is 0 Å². The molecule has 0 aliphatic rings. The molecule has 0 atom stereocenters. The van der Waals surface area contributed by atoms with E-state index in [4.69, 9.17) is 9.15 Å². The molecule has 0 saturated carbocycles. The first-order chi connectivity index (χ1) is 13.1. The van der Waals surface area contributed by atoms with E-state index in [1.54, 1.807) is 37.4 Å². The normalized spacial score (nSPS) is 10.7. The van der Waals surface area contributed by atoms with Gasteiger partial charge in [0.05, 0.1) is 7.11 Å². The lowest BCUT2D eigenvalue weighted by molar-refractivity contribution is 0.102. The van der Waals surface area contributed by atoms with E-state index in [-0.39, 0.29) is 5.91 Å². The summed E-state index contributed by atoms with van der Waals surface area (Å²) in [5.41, 5.74) is 3.47. The van der Waals surface area contributed by atoms with Gasteiger partial charge in [0.25, 0.3) is 5.91 Å². The highest BCUT2D eigenvalue weighted by Gasteiger charge is 2.11. The molecule has 0 fully saturated rings. The smallest absolute Gasteiger partial charge is 0.255 e. The minimum absolute atomic E-state index is 0.162. The van der Waals surface area contributed by atoms with Crippen LogP contribution in [0.3, 0.4) is 0 Å². The number of carbonyl (C=O) groups is 1. The lowest BCUT2D eigenvalue weighted by Gasteiger charge is -2.05. The molecule has 1 heterocycles. The van der Waals surface area contributed by atoms with Crippen molar-refractivity contribution in [1.82, 2.24) is 4.98 Å². The quantitative estimate of drug-likeness (QED) is 0.408. The Balaban J connectivity index is 1.58. The zero-order valence-corrected chi connectivity index (χ0v) is 16.6. The Morgan fingerprint density at radius 2 is 1.78 bits per heavy atom. The molecule has 0 bridgehead atoms. The molecule has 0 aliphatic carbocycles. The van der Waals surface area contributed by atoms with Gasteiger partial charge in [-0.1, -0.05) is 0 Å². The van der Waals surface area contributed by atoms with Gasteiger partial charge in [0.1, 0.15) is 11.3 Å². The molecule has 134 valence electrons. The number of halogens is 1. The van der Waals surface area contributed by atoms with Crippen LogP contribution < -0.4 is 10.1 Å². The van der Waals surface area contributed by atoms with E-state index in [9.17, 15) is 4.79 Å². The van der Waals surface area contributed by atoms with Gasteiger partial charge in [0.2, 0.25) is 5.89 Å². The van der Waals surface area contributed by atoms with Gasteiger partial charge in [-0.05, 0) is 89.3 Å². The molecule has 0 radical (unpaired) electrons. The van der Waals surface area contributed by atoms with E-state index < -0.39 is 0 Å². The highest BCUT2D eigenvalue weighted by molar-refractivity contribution is 14.1. The summed E-state index contributed by atoms with van der Waals surface area (Å²) in [6, 6.07) is 20.3. The molecule has 4 aromatic rings. The minimum Gasteiger partial charge on any atom is -0.497 e. The zero-order valence-electron chi connectivity index (χ0n) is 14.4. The predicted octanol–water partition coefficient (Wildman–Crippen LogP) is 5.36. The lowest BCUT2D eigenvalue weighted by Crippen LogP contribution is -2.11. The Bertz CT molecular complexity index is 1100. The number of ether oxygens (including phenoxy) is 1. The van der Waals surface area contributed by atoms with Crippen molar-refractivity contribution in [2.45, 2.75) is 0 Å². The van der Waals surface area contributed by atoms with Crippen LogP contribution in [0, 0.1) is 3.57 Å². The zero-order chi connectivity index (χ0) is 18.8. The molecule has 6 heteroatoms. The third kappa shape index (κ3) is 3.80. The molecule has 0 aliphatic heterocycles. The van der Waals surface area contributed by atoms with Crippen molar-refractivity contribution < 1.29 is 13.9 Å². The highest BCUT2D eigenvalue weighted by atomic mass is 127. The van der Waals surface area contributed by atoms with Gasteiger partial charge in [-0.3, -0.25) is 4.79 Å². The fourth-order valence-electron chi connectivity index (χ4n) is 2.67. The number of methoxy groups -OCH3 is 1. The molecule has 1 amide bonds. The number of benzene rings is 3. The standard InChI is InChI=1S/C21H15IN2O3/c1-26-17-9-4-14(5-10-17)21-24-18-12-16(8-11-19(18)27-21)23-20(25)13-2-6-15(22)7-3-13/h2-12H,1H3,(H,23,25). The molecule has 0 saturated heterocycles. The van der Waals surface area contributed by atoms with Gasteiger partial charge in [-0.25, -0.2) is 4.98 Å². The average molecular weight is 470 g/mol. The summed E-state index contributed by atoms with van der Waals surface area (Å²) in [6.07, 6.45) is 0. The van der Waals surface area contributed by atoms with Crippen molar-refractivity contribution in [1.29, 1.82) is 0 Å². The summed E-state index contributed by atoms with van der Waals surface area (Å²) < 4.78 is 12.1. The van der Waals surface area contributed by atoms with Crippen molar-refractivity contribution in [3.05, 3.63) is 75.9 Å². The summed E-state index contributed by atoms with van der Waals surface area (Å²) in [4.78, 5) is 16.9. The van der Waals surface area contributed by atoms with Crippen LogP contribution in [-0.4, -0.2) is 18.0 Å². The maximum atomic E-state index is 12.4. The highest BCUT2D eigenvalue weighted by Crippen LogP contribution is 2.27. The average Bonchev–Trinajstić information content (AvgIpc) is 3.12. The van der Waals surface area contributed by atoms with Crippen molar-refractivity contribution in [3.63, 3.8) is 0 Å². The molecule has 0 spiro atoms. The van der Waals surface area contributed by atoms with Crippen LogP contribution in [0.4, 0.5) is 5.69 Å². The molecule has 0 unspecified atom stereocenters. The summed E-state index contributed by atoms with van der Waals surface area (Å²) >= 11 is 2.21. The van der Waals surface area contributed by atoms with Gasteiger partial charge < -0.3 is 14.5 Å². The molecule has 4 rings (SSSR count). The van der Waals surface area contributed by atoms with Gasteiger partial charge in [-0.2, -0.15) is 0 Å². The molecule has 1 aromatic heterocycles. The van der Waals surface area contributed by atoms with Crippen LogP contribution in [-0.2, 0) is 0 Å². The SMILES string of the molecule is COc1ccc(-c2nc3cc(NC(=O)c4ccc(I)cc4)ccc3o2)cc1. The fourth-order valence-corrected chi connectivity index (χ4v) is 3.03. The number of hydrogen-bond acceptors (Lipinski definition) is 4. The van der Waals surface area contributed by atoms with E-state index in [0.29, 0.717) is 28.2 Å². The van der Waals surface area contributed by atoms with Gasteiger partial charge in [-0.15, -0.1) is 0 Å². The van der Waals surface area contributed by atoms with E-state index in [1.165, 1.54) is 0 Å².